The lowest BCUT2D eigenvalue weighted by Crippen LogP contribution is -2.52. The van der Waals surface area contributed by atoms with E-state index in [0.717, 1.165) is 30.6 Å². The van der Waals surface area contributed by atoms with Crippen LogP contribution in [0.3, 0.4) is 0 Å². The molecule has 0 spiro atoms. The number of likely N-dealkylation sites (N-methyl/N-ethyl adjacent to an activating group) is 1. The Morgan fingerprint density at radius 2 is 1.68 bits per heavy atom. The summed E-state index contributed by atoms with van der Waals surface area (Å²) in [7, 11) is 0. The molecule has 6 heteroatoms. The third kappa shape index (κ3) is 7.42. The van der Waals surface area contributed by atoms with Gasteiger partial charge in [0.2, 0.25) is 0 Å². The smallest absolute Gasteiger partial charge is 0.410 e. The molecule has 1 aliphatic rings. The van der Waals surface area contributed by atoms with Gasteiger partial charge >= 0.3 is 6.09 Å². The fourth-order valence-corrected chi connectivity index (χ4v) is 5.17. The first kappa shape index (κ1) is 27.8. The summed E-state index contributed by atoms with van der Waals surface area (Å²) in [4.78, 5) is 17.5. The molecule has 202 valence electrons. The molecule has 0 aromatic heterocycles. The molecule has 0 radical (unpaired) electrons. The average Bonchev–Trinajstić information content (AvgIpc) is 2.89. The quantitative estimate of drug-likeness (QED) is 0.360. The lowest BCUT2D eigenvalue weighted by Gasteiger charge is -2.44. The van der Waals surface area contributed by atoms with Gasteiger partial charge in [-0.05, 0) is 68.1 Å². The number of carbonyl (C=O) groups is 1. The molecule has 0 fully saturated rings. The van der Waals surface area contributed by atoms with Gasteiger partial charge in [-0.3, -0.25) is 4.90 Å². The van der Waals surface area contributed by atoms with Crippen LogP contribution in [0.2, 0.25) is 0 Å². The van der Waals surface area contributed by atoms with Crippen LogP contribution in [0.5, 0.6) is 0 Å². The van der Waals surface area contributed by atoms with E-state index in [4.69, 9.17) is 4.74 Å². The molecule has 5 nitrogen and oxygen atoms in total. The molecular weight excluding hydrogens is 477 g/mol. The summed E-state index contributed by atoms with van der Waals surface area (Å²) in [5.41, 5.74) is 4.19. The van der Waals surface area contributed by atoms with Crippen molar-refractivity contribution >= 4 is 6.09 Å². The van der Waals surface area contributed by atoms with Gasteiger partial charge in [-0.25, -0.2) is 9.18 Å². The number of benzene rings is 3. The Hall–Kier alpha value is -3.22. The summed E-state index contributed by atoms with van der Waals surface area (Å²) in [5, 5.41) is 3.71. The van der Waals surface area contributed by atoms with Gasteiger partial charge in [-0.1, -0.05) is 73.7 Å². The van der Waals surface area contributed by atoms with E-state index >= 15 is 0 Å². The number of fused-ring (bicyclic) bond motifs is 1. The van der Waals surface area contributed by atoms with Crippen molar-refractivity contribution in [1.29, 1.82) is 0 Å². The van der Waals surface area contributed by atoms with Gasteiger partial charge in [0.15, 0.2) is 0 Å². The number of rotatable bonds is 9. The Morgan fingerprint density at radius 1 is 1.00 bits per heavy atom. The summed E-state index contributed by atoms with van der Waals surface area (Å²) in [5.74, 6) is -0.225. The minimum absolute atomic E-state index is 0.124. The van der Waals surface area contributed by atoms with Gasteiger partial charge in [0.1, 0.15) is 11.4 Å². The van der Waals surface area contributed by atoms with Crippen LogP contribution in [-0.4, -0.2) is 47.2 Å². The Morgan fingerprint density at radius 3 is 2.37 bits per heavy atom. The number of hydrogen-bond acceptors (Lipinski definition) is 4. The largest absolute Gasteiger partial charge is 0.444 e. The zero-order chi connectivity index (χ0) is 27.1. The molecule has 1 N–H and O–H groups in total. The van der Waals surface area contributed by atoms with E-state index < -0.39 is 5.60 Å². The summed E-state index contributed by atoms with van der Waals surface area (Å²) in [6.07, 6.45) is 0.467. The van der Waals surface area contributed by atoms with Gasteiger partial charge in [0, 0.05) is 38.3 Å². The fraction of sp³-hybridized carbons (Fsp3) is 0.406. The van der Waals surface area contributed by atoms with Crippen LogP contribution in [0.4, 0.5) is 9.18 Å². The molecule has 3 aromatic carbocycles. The van der Waals surface area contributed by atoms with E-state index in [0.29, 0.717) is 19.6 Å². The van der Waals surface area contributed by atoms with Gasteiger partial charge in [0.05, 0.1) is 0 Å². The zero-order valence-corrected chi connectivity index (χ0v) is 23.0. The predicted molar refractivity (Wildman–Crippen MR) is 150 cm³/mol. The van der Waals surface area contributed by atoms with Crippen molar-refractivity contribution in [2.24, 2.45) is 0 Å². The number of carbonyl (C=O) groups excluding carboxylic acids is 1. The van der Waals surface area contributed by atoms with E-state index in [9.17, 15) is 9.18 Å². The third-order valence-electron chi connectivity index (χ3n) is 6.92. The number of nitrogens with one attached hydrogen (secondary N) is 1. The third-order valence-corrected chi connectivity index (χ3v) is 6.92. The van der Waals surface area contributed by atoms with Crippen molar-refractivity contribution in [2.75, 3.05) is 19.6 Å². The standard InChI is InChI=1S/C32H40FN3O2/c1-5-34-30-28-14-10-9-13-26(28)23-35(29(30)21-24-15-17-27(33)18-16-24)19-20-36(31(37)38-32(2,3)4)22-25-11-7-6-8-12-25/h6-18,29-30,34H,5,19-23H2,1-4H3. The first-order valence-electron chi connectivity index (χ1n) is 13.5. The van der Waals surface area contributed by atoms with E-state index in [1.165, 1.54) is 23.3 Å². The number of amides is 1. The molecule has 1 amide bonds. The minimum atomic E-state index is -0.572. The normalized spacial score (nSPS) is 17.6. The second-order valence-corrected chi connectivity index (χ2v) is 11.0. The van der Waals surface area contributed by atoms with Crippen molar-refractivity contribution in [3.8, 4) is 0 Å². The van der Waals surface area contributed by atoms with Crippen LogP contribution < -0.4 is 5.32 Å². The molecule has 0 bridgehead atoms. The Bertz CT molecular complexity index is 1180. The molecule has 0 aliphatic carbocycles. The van der Waals surface area contributed by atoms with Gasteiger partial charge in [-0.2, -0.15) is 0 Å². The van der Waals surface area contributed by atoms with Crippen LogP contribution in [0.15, 0.2) is 78.9 Å². The van der Waals surface area contributed by atoms with E-state index in [1.54, 1.807) is 4.90 Å². The Labute approximate surface area is 226 Å². The number of hydrogen-bond donors (Lipinski definition) is 1. The van der Waals surface area contributed by atoms with Crippen LogP contribution in [0.1, 0.15) is 56.0 Å². The summed E-state index contributed by atoms with van der Waals surface area (Å²) in [6, 6.07) is 25.7. The molecule has 3 aromatic rings. The van der Waals surface area contributed by atoms with Crippen molar-refractivity contribution < 1.29 is 13.9 Å². The highest BCUT2D eigenvalue weighted by Crippen LogP contribution is 2.33. The molecule has 2 unspecified atom stereocenters. The summed E-state index contributed by atoms with van der Waals surface area (Å²) >= 11 is 0. The first-order valence-corrected chi connectivity index (χ1v) is 13.5. The number of ether oxygens (including phenoxy) is 1. The maximum atomic E-state index is 13.6. The highest BCUT2D eigenvalue weighted by atomic mass is 19.1. The molecule has 38 heavy (non-hydrogen) atoms. The van der Waals surface area contributed by atoms with E-state index in [1.807, 2.05) is 63.2 Å². The van der Waals surface area contributed by atoms with Crippen LogP contribution in [0, 0.1) is 5.82 Å². The molecular formula is C32H40FN3O2. The summed E-state index contributed by atoms with van der Waals surface area (Å²) in [6.45, 7) is 11.1. The Balaban J connectivity index is 1.60. The molecule has 0 saturated heterocycles. The monoisotopic (exact) mass is 517 g/mol. The summed E-state index contributed by atoms with van der Waals surface area (Å²) < 4.78 is 19.4. The molecule has 1 aliphatic heterocycles. The topological polar surface area (TPSA) is 44.8 Å². The minimum Gasteiger partial charge on any atom is -0.444 e. The molecule has 2 atom stereocenters. The molecule has 0 saturated carbocycles. The van der Waals surface area contributed by atoms with Crippen molar-refractivity contribution in [1.82, 2.24) is 15.1 Å². The molecule has 4 rings (SSSR count). The fourth-order valence-electron chi connectivity index (χ4n) is 5.17. The van der Waals surface area contributed by atoms with E-state index in [2.05, 4.69) is 41.4 Å². The van der Waals surface area contributed by atoms with Crippen LogP contribution in [0.25, 0.3) is 0 Å². The number of halogens is 1. The number of nitrogens with zero attached hydrogens (tertiary/aromatic N) is 2. The van der Waals surface area contributed by atoms with Gasteiger partial charge < -0.3 is 15.0 Å². The van der Waals surface area contributed by atoms with Crippen molar-refractivity contribution in [3.63, 3.8) is 0 Å². The highest BCUT2D eigenvalue weighted by Gasteiger charge is 2.35. The van der Waals surface area contributed by atoms with Crippen LogP contribution >= 0.6 is 0 Å². The second kappa shape index (κ2) is 12.5. The zero-order valence-electron chi connectivity index (χ0n) is 23.0. The van der Waals surface area contributed by atoms with Crippen molar-refractivity contribution in [2.45, 2.75) is 64.9 Å². The van der Waals surface area contributed by atoms with Crippen LogP contribution in [-0.2, 0) is 24.2 Å². The van der Waals surface area contributed by atoms with Gasteiger partial charge in [0.25, 0.3) is 0 Å². The SMILES string of the molecule is CCNC1c2ccccc2CN(CCN(Cc2ccccc2)C(=O)OC(C)(C)C)C1Cc1ccc(F)cc1. The Kier molecular flexibility index (Phi) is 9.18. The predicted octanol–water partition coefficient (Wildman–Crippen LogP) is 6.34. The maximum absolute atomic E-state index is 13.6. The lowest BCUT2D eigenvalue weighted by molar-refractivity contribution is 0.0188. The first-order chi connectivity index (χ1) is 18.2. The maximum Gasteiger partial charge on any atom is 0.410 e. The van der Waals surface area contributed by atoms with E-state index in [-0.39, 0.29) is 24.0 Å². The lowest BCUT2D eigenvalue weighted by atomic mass is 9.85. The highest BCUT2D eigenvalue weighted by molar-refractivity contribution is 5.68. The second-order valence-electron chi connectivity index (χ2n) is 11.0. The average molecular weight is 518 g/mol. The van der Waals surface area contributed by atoms with Gasteiger partial charge in [-0.15, -0.1) is 0 Å². The molecule has 1 heterocycles. The van der Waals surface area contributed by atoms with Crippen molar-refractivity contribution in [3.05, 3.63) is 107 Å².